The molecule has 0 atom stereocenters. The first-order chi connectivity index (χ1) is 5.56. The molecule has 0 aromatic carbocycles. The van der Waals surface area contributed by atoms with Crippen LogP contribution in [-0.4, -0.2) is 19.4 Å². The van der Waals surface area contributed by atoms with Gasteiger partial charge in [0.05, 0.1) is 0 Å². The van der Waals surface area contributed by atoms with E-state index >= 15 is 0 Å². The van der Waals surface area contributed by atoms with E-state index in [0.29, 0.717) is 19.6 Å². The summed E-state index contributed by atoms with van der Waals surface area (Å²) in [6.07, 6.45) is -3.11. The zero-order valence-electron chi connectivity index (χ0n) is 7.28. The normalized spacial score (nSPS) is 12.0. The van der Waals surface area contributed by atoms with Gasteiger partial charge < -0.3 is 4.74 Å². The number of rotatable bonds is 6. The van der Waals surface area contributed by atoms with Crippen molar-refractivity contribution >= 4 is 0 Å². The Morgan fingerprint density at radius 1 is 1.08 bits per heavy atom. The summed E-state index contributed by atoms with van der Waals surface area (Å²) in [4.78, 5) is 0. The molecule has 0 aliphatic heterocycles. The smallest absolute Gasteiger partial charge is 0.381 e. The third-order valence-corrected chi connectivity index (χ3v) is 1.35. The van der Waals surface area contributed by atoms with Crippen molar-refractivity contribution in [2.45, 2.75) is 38.8 Å². The molecule has 0 spiro atoms. The van der Waals surface area contributed by atoms with E-state index in [1.165, 1.54) is 0 Å². The zero-order chi connectivity index (χ0) is 9.45. The standard InChI is InChI=1S/C8H15F3O/c1-2-6-12-7-4-3-5-8(9,10)11/h2-7H2,1H3. The summed E-state index contributed by atoms with van der Waals surface area (Å²) in [5, 5.41) is 0. The maximum absolute atomic E-state index is 11.6. The molecule has 0 unspecified atom stereocenters. The second kappa shape index (κ2) is 6.29. The van der Waals surface area contributed by atoms with Crippen LogP contribution in [0.5, 0.6) is 0 Å². The zero-order valence-corrected chi connectivity index (χ0v) is 7.28. The lowest BCUT2D eigenvalue weighted by Gasteiger charge is -2.05. The summed E-state index contributed by atoms with van der Waals surface area (Å²) in [6, 6.07) is 0. The van der Waals surface area contributed by atoms with Crippen molar-refractivity contribution in [3.63, 3.8) is 0 Å². The third-order valence-electron chi connectivity index (χ3n) is 1.35. The summed E-state index contributed by atoms with van der Waals surface area (Å²) in [5.41, 5.74) is 0. The molecule has 0 saturated carbocycles. The van der Waals surface area contributed by atoms with Crippen LogP contribution in [-0.2, 0) is 4.74 Å². The molecule has 0 radical (unpaired) electrons. The highest BCUT2D eigenvalue weighted by Crippen LogP contribution is 2.21. The molecule has 0 aliphatic rings. The fourth-order valence-corrected chi connectivity index (χ4v) is 0.776. The van der Waals surface area contributed by atoms with Gasteiger partial charge in [-0.1, -0.05) is 6.92 Å². The lowest BCUT2D eigenvalue weighted by atomic mass is 10.2. The largest absolute Gasteiger partial charge is 0.389 e. The molecule has 0 N–H and O–H groups in total. The Morgan fingerprint density at radius 2 is 1.75 bits per heavy atom. The lowest BCUT2D eigenvalue weighted by molar-refractivity contribution is -0.136. The number of alkyl halides is 3. The van der Waals surface area contributed by atoms with Crippen LogP contribution in [0, 0.1) is 0 Å². The van der Waals surface area contributed by atoms with Crippen molar-refractivity contribution in [2.24, 2.45) is 0 Å². The highest BCUT2D eigenvalue weighted by atomic mass is 19.4. The number of halogens is 3. The van der Waals surface area contributed by atoms with Crippen molar-refractivity contribution < 1.29 is 17.9 Å². The Morgan fingerprint density at radius 3 is 2.25 bits per heavy atom. The molecule has 12 heavy (non-hydrogen) atoms. The average Bonchev–Trinajstić information content (AvgIpc) is 1.94. The fourth-order valence-electron chi connectivity index (χ4n) is 0.776. The fraction of sp³-hybridized carbons (Fsp3) is 1.00. The van der Waals surface area contributed by atoms with Gasteiger partial charge >= 0.3 is 6.18 Å². The van der Waals surface area contributed by atoms with Gasteiger partial charge in [-0.15, -0.1) is 0 Å². The van der Waals surface area contributed by atoms with Gasteiger partial charge in [0.25, 0.3) is 0 Å². The molecule has 0 heterocycles. The maximum Gasteiger partial charge on any atom is 0.389 e. The van der Waals surface area contributed by atoms with Crippen LogP contribution < -0.4 is 0 Å². The summed E-state index contributed by atoms with van der Waals surface area (Å²) < 4.78 is 39.8. The first kappa shape index (κ1) is 11.8. The molecule has 4 heteroatoms. The van der Waals surface area contributed by atoms with E-state index in [4.69, 9.17) is 4.74 Å². The first-order valence-corrected chi connectivity index (χ1v) is 4.20. The summed E-state index contributed by atoms with van der Waals surface area (Å²) in [5.74, 6) is 0. The Bertz CT molecular complexity index is 101. The molecule has 0 fully saturated rings. The van der Waals surface area contributed by atoms with Crippen LogP contribution in [0.15, 0.2) is 0 Å². The minimum Gasteiger partial charge on any atom is -0.381 e. The predicted octanol–water partition coefficient (Wildman–Crippen LogP) is 3.15. The number of ether oxygens (including phenoxy) is 1. The molecule has 0 aromatic heterocycles. The minimum atomic E-state index is -4.01. The van der Waals surface area contributed by atoms with Crippen LogP contribution >= 0.6 is 0 Å². The lowest BCUT2D eigenvalue weighted by Crippen LogP contribution is -2.07. The summed E-state index contributed by atoms with van der Waals surface area (Å²) >= 11 is 0. The minimum absolute atomic E-state index is 0.174. The molecule has 0 amide bonds. The van der Waals surface area contributed by atoms with Crippen molar-refractivity contribution in [3.05, 3.63) is 0 Å². The van der Waals surface area contributed by atoms with Crippen molar-refractivity contribution in [1.29, 1.82) is 0 Å². The number of hydrogen-bond acceptors (Lipinski definition) is 1. The first-order valence-electron chi connectivity index (χ1n) is 4.20. The summed E-state index contributed by atoms with van der Waals surface area (Å²) in [6.45, 7) is 3.06. The topological polar surface area (TPSA) is 9.23 Å². The Balaban J connectivity index is 3.01. The van der Waals surface area contributed by atoms with Crippen LogP contribution in [0.2, 0.25) is 0 Å². The van der Waals surface area contributed by atoms with E-state index < -0.39 is 12.6 Å². The van der Waals surface area contributed by atoms with Gasteiger partial charge in [0.2, 0.25) is 0 Å². The van der Waals surface area contributed by atoms with Gasteiger partial charge in [-0.05, 0) is 19.3 Å². The molecule has 0 aliphatic carbocycles. The molecule has 0 aromatic rings. The highest BCUT2D eigenvalue weighted by molar-refractivity contribution is 4.50. The van der Waals surface area contributed by atoms with Crippen LogP contribution in [0.4, 0.5) is 13.2 Å². The molecule has 74 valence electrons. The number of unbranched alkanes of at least 4 members (excludes halogenated alkanes) is 1. The second-order valence-electron chi connectivity index (χ2n) is 2.68. The summed E-state index contributed by atoms with van der Waals surface area (Å²) in [7, 11) is 0. The van der Waals surface area contributed by atoms with E-state index in [-0.39, 0.29) is 6.42 Å². The van der Waals surface area contributed by atoms with E-state index in [9.17, 15) is 13.2 Å². The molecular formula is C8H15F3O. The van der Waals surface area contributed by atoms with E-state index in [1.54, 1.807) is 0 Å². The molecular weight excluding hydrogens is 169 g/mol. The van der Waals surface area contributed by atoms with E-state index in [0.717, 1.165) is 6.42 Å². The molecule has 0 rings (SSSR count). The van der Waals surface area contributed by atoms with Gasteiger partial charge in [0.15, 0.2) is 0 Å². The van der Waals surface area contributed by atoms with E-state index in [1.807, 2.05) is 6.92 Å². The Labute approximate surface area is 70.9 Å². The molecule has 0 saturated heterocycles. The van der Waals surface area contributed by atoms with Crippen LogP contribution in [0.3, 0.4) is 0 Å². The predicted molar refractivity (Wildman–Crippen MR) is 41.0 cm³/mol. The quantitative estimate of drug-likeness (QED) is 0.576. The van der Waals surface area contributed by atoms with Gasteiger partial charge in [-0.25, -0.2) is 0 Å². The van der Waals surface area contributed by atoms with Crippen molar-refractivity contribution in [2.75, 3.05) is 13.2 Å². The molecule has 0 bridgehead atoms. The van der Waals surface area contributed by atoms with E-state index in [2.05, 4.69) is 0 Å². The van der Waals surface area contributed by atoms with Crippen LogP contribution in [0.1, 0.15) is 32.6 Å². The van der Waals surface area contributed by atoms with Gasteiger partial charge in [-0.2, -0.15) is 13.2 Å². The SMILES string of the molecule is CCCOCCCCC(F)(F)F. The Kier molecular flexibility index (Phi) is 6.16. The monoisotopic (exact) mass is 184 g/mol. The average molecular weight is 184 g/mol. The van der Waals surface area contributed by atoms with Crippen molar-refractivity contribution in [1.82, 2.24) is 0 Å². The Hall–Kier alpha value is -0.250. The second-order valence-corrected chi connectivity index (χ2v) is 2.68. The van der Waals surface area contributed by atoms with Crippen LogP contribution in [0.25, 0.3) is 0 Å². The maximum atomic E-state index is 11.6. The third kappa shape index (κ3) is 9.75. The van der Waals surface area contributed by atoms with Gasteiger partial charge in [0, 0.05) is 19.6 Å². The highest BCUT2D eigenvalue weighted by Gasteiger charge is 2.25. The number of hydrogen-bond donors (Lipinski definition) is 0. The van der Waals surface area contributed by atoms with Gasteiger partial charge in [0.1, 0.15) is 0 Å². The molecule has 1 nitrogen and oxygen atoms in total. The van der Waals surface area contributed by atoms with Gasteiger partial charge in [-0.3, -0.25) is 0 Å². The van der Waals surface area contributed by atoms with Crippen molar-refractivity contribution in [3.8, 4) is 0 Å².